The zero-order valence-electron chi connectivity index (χ0n) is 12.8. The number of carbonyl (C=O) groups excluding carboxylic acids is 1. The molecule has 0 saturated carbocycles. The van der Waals surface area contributed by atoms with Gasteiger partial charge < -0.3 is 20.1 Å². The second-order valence-corrected chi connectivity index (χ2v) is 5.05. The van der Waals surface area contributed by atoms with Crippen LogP contribution in [-0.4, -0.2) is 12.7 Å². The minimum atomic E-state index is -0.436. The first-order chi connectivity index (χ1) is 11.8. The first-order valence-corrected chi connectivity index (χ1v) is 7.35. The predicted molar refractivity (Wildman–Crippen MR) is 88.2 cm³/mol. The Morgan fingerprint density at radius 1 is 1.17 bits per heavy atom. The number of fused-ring (bicyclic) bond motifs is 1. The molecule has 0 unspecified atom stereocenters. The molecule has 3 rings (SSSR count). The highest BCUT2D eigenvalue weighted by Crippen LogP contribution is 2.34. The molecule has 6 nitrogen and oxygen atoms in total. The number of nitrogens with zero attached hydrogens (tertiary/aromatic N) is 1. The second kappa shape index (κ2) is 7.20. The van der Waals surface area contributed by atoms with E-state index in [4.69, 9.17) is 14.7 Å². The van der Waals surface area contributed by atoms with Crippen LogP contribution in [0.2, 0.25) is 0 Å². The molecule has 1 heterocycles. The molecule has 2 aromatic rings. The van der Waals surface area contributed by atoms with Gasteiger partial charge in [0, 0.05) is 24.5 Å². The van der Waals surface area contributed by atoms with Gasteiger partial charge in [-0.25, -0.2) is 0 Å². The number of hydrogen-bond acceptors (Lipinski definition) is 5. The molecule has 2 aromatic carbocycles. The Morgan fingerprint density at radius 3 is 2.75 bits per heavy atom. The maximum Gasteiger partial charge on any atom is 0.263 e. The van der Waals surface area contributed by atoms with E-state index in [1.54, 1.807) is 18.2 Å². The quantitative estimate of drug-likeness (QED) is 0.653. The Kier molecular flexibility index (Phi) is 4.63. The van der Waals surface area contributed by atoms with E-state index in [9.17, 15) is 4.79 Å². The van der Waals surface area contributed by atoms with Crippen LogP contribution in [0.25, 0.3) is 0 Å². The van der Waals surface area contributed by atoms with Crippen molar-refractivity contribution in [3.8, 4) is 17.6 Å². The van der Waals surface area contributed by atoms with Crippen LogP contribution in [0.1, 0.15) is 5.56 Å². The van der Waals surface area contributed by atoms with Crippen molar-refractivity contribution in [1.82, 2.24) is 5.32 Å². The van der Waals surface area contributed by atoms with Gasteiger partial charge in [-0.15, -0.1) is 0 Å². The number of nitriles is 1. The number of carbonyl (C=O) groups is 1. The summed E-state index contributed by atoms with van der Waals surface area (Å²) >= 11 is 0. The van der Waals surface area contributed by atoms with Crippen LogP contribution in [0.15, 0.2) is 60.3 Å². The summed E-state index contributed by atoms with van der Waals surface area (Å²) in [6, 6.07) is 16.7. The number of amides is 1. The SMILES string of the molecule is N#C/C(=C\Nc1ccc2c(c1)OCO2)C(=O)NCc1ccccc1. The van der Waals surface area contributed by atoms with E-state index < -0.39 is 5.91 Å². The molecular formula is C18H15N3O3. The zero-order valence-corrected chi connectivity index (χ0v) is 12.8. The number of ether oxygens (including phenoxy) is 2. The highest BCUT2D eigenvalue weighted by atomic mass is 16.7. The largest absolute Gasteiger partial charge is 0.454 e. The molecule has 120 valence electrons. The fourth-order valence-electron chi connectivity index (χ4n) is 2.16. The summed E-state index contributed by atoms with van der Waals surface area (Å²) < 4.78 is 10.5. The highest BCUT2D eigenvalue weighted by Gasteiger charge is 2.13. The van der Waals surface area contributed by atoms with Crippen molar-refractivity contribution >= 4 is 11.6 Å². The summed E-state index contributed by atoms with van der Waals surface area (Å²) in [4.78, 5) is 12.1. The third kappa shape index (κ3) is 3.65. The van der Waals surface area contributed by atoms with Gasteiger partial charge in [0.05, 0.1) is 0 Å². The fourth-order valence-corrected chi connectivity index (χ4v) is 2.16. The van der Waals surface area contributed by atoms with Gasteiger partial charge in [0.2, 0.25) is 6.79 Å². The van der Waals surface area contributed by atoms with E-state index in [0.717, 1.165) is 5.56 Å². The third-order valence-electron chi connectivity index (χ3n) is 3.42. The van der Waals surface area contributed by atoms with Gasteiger partial charge in [-0.2, -0.15) is 5.26 Å². The molecule has 2 N–H and O–H groups in total. The van der Waals surface area contributed by atoms with Gasteiger partial charge >= 0.3 is 0 Å². The maximum atomic E-state index is 12.1. The fraction of sp³-hybridized carbons (Fsp3) is 0.111. The van der Waals surface area contributed by atoms with Crippen LogP contribution in [0, 0.1) is 11.3 Å². The Hall–Kier alpha value is -3.46. The lowest BCUT2D eigenvalue weighted by Crippen LogP contribution is -2.24. The van der Waals surface area contributed by atoms with Crippen molar-refractivity contribution in [3.05, 3.63) is 65.9 Å². The minimum absolute atomic E-state index is 0.0106. The van der Waals surface area contributed by atoms with Crippen molar-refractivity contribution < 1.29 is 14.3 Å². The van der Waals surface area contributed by atoms with Gasteiger partial charge in [-0.3, -0.25) is 4.79 Å². The highest BCUT2D eigenvalue weighted by molar-refractivity contribution is 5.97. The van der Waals surface area contributed by atoms with E-state index >= 15 is 0 Å². The molecule has 0 radical (unpaired) electrons. The lowest BCUT2D eigenvalue weighted by molar-refractivity contribution is -0.117. The summed E-state index contributed by atoms with van der Waals surface area (Å²) in [7, 11) is 0. The predicted octanol–water partition coefficient (Wildman–Crippen LogP) is 2.55. The Labute approximate surface area is 139 Å². The molecule has 0 fully saturated rings. The zero-order chi connectivity index (χ0) is 16.8. The molecule has 0 atom stereocenters. The van der Waals surface area contributed by atoms with Crippen molar-refractivity contribution in [3.63, 3.8) is 0 Å². The third-order valence-corrected chi connectivity index (χ3v) is 3.42. The van der Waals surface area contributed by atoms with E-state index in [1.807, 2.05) is 36.4 Å². The van der Waals surface area contributed by atoms with Gasteiger partial charge in [-0.1, -0.05) is 30.3 Å². The maximum absolute atomic E-state index is 12.1. The molecule has 6 heteroatoms. The number of rotatable bonds is 5. The summed E-state index contributed by atoms with van der Waals surface area (Å²) in [6.07, 6.45) is 1.37. The molecule has 0 bridgehead atoms. The van der Waals surface area contributed by atoms with Crippen LogP contribution < -0.4 is 20.1 Å². The van der Waals surface area contributed by atoms with Crippen molar-refractivity contribution in [2.45, 2.75) is 6.54 Å². The summed E-state index contributed by atoms with van der Waals surface area (Å²) in [5.74, 6) is 0.862. The first-order valence-electron chi connectivity index (χ1n) is 7.35. The lowest BCUT2D eigenvalue weighted by atomic mass is 10.2. The average Bonchev–Trinajstić information content (AvgIpc) is 3.09. The number of hydrogen-bond donors (Lipinski definition) is 2. The Bertz CT molecular complexity index is 810. The molecule has 0 saturated heterocycles. The lowest BCUT2D eigenvalue weighted by Gasteiger charge is -2.06. The monoisotopic (exact) mass is 321 g/mol. The molecular weight excluding hydrogens is 306 g/mol. The van der Waals surface area contributed by atoms with Crippen LogP contribution in [0.3, 0.4) is 0 Å². The van der Waals surface area contributed by atoms with Crippen molar-refractivity contribution in [1.29, 1.82) is 5.26 Å². The van der Waals surface area contributed by atoms with E-state index in [-0.39, 0.29) is 12.4 Å². The van der Waals surface area contributed by atoms with E-state index in [0.29, 0.717) is 23.7 Å². The minimum Gasteiger partial charge on any atom is -0.454 e. The molecule has 1 aliphatic heterocycles. The van der Waals surface area contributed by atoms with Gasteiger partial charge in [0.25, 0.3) is 5.91 Å². The molecule has 0 spiro atoms. The second-order valence-electron chi connectivity index (χ2n) is 5.05. The first kappa shape index (κ1) is 15.4. The molecule has 0 aromatic heterocycles. The normalized spacial score (nSPS) is 12.4. The van der Waals surface area contributed by atoms with E-state index in [1.165, 1.54) is 6.20 Å². The number of nitrogens with one attached hydrogen (secondary N) is 2. The Balaban J connectivity index is 1.61. The van der Waals surface area contributed by atoms with Crippen LogP contribution in [0.5, 0.6) is 11.5 Å². The van der Waals surface area contributed by atoms with Crippen LogP contribution >= 0.6 is 0 Å². The van der Waals surface area contributed by atoms with E-state index in [2.05, 4.69) is 10.6 Å². The average molecular weight is 321 g/mol. The smallest absolute Gasteiger partial charge is 0.263 e. The van der Waals surface area contributed by atoms with Crippen molar-refractivity contribution in [2.24, 2.45) is 0 Å². The molecule has 24 heavy (non-hydrogen) atoms. The van der Waals surface area contributed by atoms with Crippen molar-refractivity contribution in [2.75, 3.05) is 12.1 Å². The number of benzene rings is 2. The van der Waals surface area contributed by atoms with Crippen LogP contribution in [0.4, 0.5) is 5.69 Å². The summed E-state index contributed by atoms with van der Waals surface area (Å²) in [5, 5.41) is 14.8. The van der Waals surface area contributed by atoms with Gasteiger partial charge in [0.15, 0.2) is 11.5 Å². The van der Waals surface area contributed by atoms with Gasteiger partial charge in [0.1, 0.15) is 11.6 Å². The topological polar surface area (TPSA) is 83.4 Å². The summed E-state index contributed by atoms with van der Waals surface area (Å²) in [6.45, 7) is 0.558. The Morgan fingerprint density at radius 2 is 1.96 bits per heavy atom. The standard InChI is InChI=1S/C18H15N3O3/c19-9-14(18(22)21-10-13-4-2-1-3-5-13)11-20-15-6-7-16-17(8-15)24-12-23-16/h1-8,11,20H,10,12H2,(H,21,22)/b14-11+. The molecule has 1 aliphatic rings. The number of anilines is 1. The molecule has 0 aliphatic carbocycles. The van der Waals surface area contributed by atoms with Crippen LogP contribution in [-0.2, 0) is 11.3 Å². The van der Waals surface area contributed by atoms with Gasteiger partial charge in [-0.05, 0) is 17.7 Å². The summed E-state index contributed by atoms with van der Waals surface area (Å²) in [5.41, 5.74) is 1.65. The molecule has 1 amide bonds.